The third-order valence-electron chi connectivity index (χ3n) is 2.76. The molecular weight excluding hydrogens is 215 g/mol. The fraction of sp³-hybridized carbons (Fsp3) is 0.500. The lowest BCUT2D eigenvalue weighted by atomic mass is 9.86. The lowest BCUT2D eigenvalue weighted by Gasteiger charge is -2.36. The number of rotatable bonds is 4. The van der Waals surface area contributed by atoms with Crippen LogP contribution in [0, 0.1) is 0 Å². The molecule has 1 N–H and O–H groups in total. The molecule has 0 aliphatic carbocycles. The number of nitrogens with one attached hydrogen (secondary N) is 1. The van der Waals surface area contributed by atoms with Crippen LogP contribution in [0.25, 0.3) is 0 Å². The standard InChI is InChI=1S/C12H16F3N/c1-3-11(16-4-2,12(13,14)15)10-8-6-5-7-9-10/h5-9,16H,3-4H2,1-2H3. The summed E-state index contributed by atoms with van der Waals surface area (Å²) in [6.45, 7) is 3.50. The molecule has 0 heterocycles. The molecule has 1 unspecified atom stereocenters. The number of hydrogen-bond donors (Lipinski definition) is 1. The molecule has 1 aromatic rings. The Labute approximate surface area is 93.7 Å². The van der Waals surface area contributed by atoms with Crippen LogP contribution in [-0.4, -0.2) is 12.7 Å². The normalized spacial score (nSPS) is 15.8. The van der Waals surface area contributed by atoms with E-state index in [9.17, 15) is 13.2 Å². The second kappa shape index (κ2) is 4.87. The highest BCUT2D eigenvalue weighted by Crippen LogP contribution is 2.41. The van der Waals surface area contributed by atoms with Gasteiger partial charge >= 0.3 is 6.18 Å². The molecule has 16 heavy (non-hydrogen) atoms. The Hall–Kier alpha value is -1.03. The Morgan fingerprint density at radius 3 is 2.00 bits per heavy atom. The molecule has 0 saturated carbocycles. The van der Waals surface area contributed by atoms with Crippen LogP contribution in [0.5, 0.6) is 0 Å². The predicted octanol–water partition coefficient (Wildman–Crippen LogP) is 3.46. The molecule has 0 aliphatic rings. The molecule has 0 spiro atoms. The third kappa shape index (κ3) is 2.21. The fourth-order valence-corrected chi connectivity index (χ4v) is 1.92. The zero-order valence-electron chi connectivity index (χ0n) is 9.43. The van der Waals surface area contributed by atoms with E-state index in [1.165, 1.54) is 12.1 Å². The van der Waals surface area contributed by atoms with Gasteiger partial charge in [-0.2, -0.15) is 13.2 Å². The maximum Gasteiger partial charge on any atom is 0.410 e. The highest BCUT2D eigenvalue weighted by molar-refractivity contribution is 5.26. The van der Waals surface area contributed by atoms with Crippen LogP contribution in [0.3, 0.4) is 0 Å². The van der Waals surface area contributed by atoms with E-state index in [1.54, 1.807) is 32.0 Å². The Kier molecular flexibility index (Phi) is 3.97. The van der Waals surface area contributed by atoms with E-state index in [1.807, 2.05) is 0 Å². The Bertz CT molecular complexity index is 321. The Morgan fingerprint density at radius 2 is 1.62 bits per heavy atom. The van der Waals surface area contributed by atoms with Gasteiger partial charge in [0.05, 0.1) is 0 Å². The van der Waals surface area contributed by atoms with Crippen molar-refractivity contribution in [2.24, 2.45) is 0 Å². The van der Waals surface area contributed by atoms with E-state index in [0.29, 0.717) is 0 Å². The van der Waals surface area contributed by atoms with Crippen molar-refractivity contribution in [2.45, 2.75) is 32.0 Å². The largest absolute Gasteiger partial charge is 0.410 e. The molecule has 4 heteroatoms. The molecule has 0 bridgehead atoms. The second-order valence-electron chi connectivity index (χ2n) is 3.65. The van der Waals surface area contributed by atoms with Crippen molar-refractivity contribution >= 4 is 0 Å². The average molecular weight is 231 g/mol. The molecule has 1 nitrogen and oxygen atoms in total. The first kappa shape index (κ1) is 13.0. The van der Waals surface area contributed by atoms with Crippen LogP contribution in [0.15, 0.2) is 30.3 Å². The first-order valence-electron chi connectivity index (χ1n) is 5.35. The van der Waals surface area contributed by atoms with E-state index < -0.39 is 11.7 Å². The Balaban J connectivity index is 3.23. The lowest BCUT2D eigenvalue weighted by molar-refractivity contribution is -0.202. The second-order valence-corrected chi connectivity index (χ2v) is 3.65. The first-order valence-corrected chi connectivity index (χ1v) is 5.35. The highest BCUT2D eigenvalue weighted by Gasteiger charge is 2.53. The van der Waals surface area contributed by atoms with Crippen LogP contribution in [0.4, 0.5) is 13.2 Å². The summed E-state index contributed by atoms with van der Waals surface area (Å²) >= 11 is 0. The van der Waals surface area contributed by atoms with Gasteiger partial charge in [-0.05, 0) is 18.5 Å². The highest BCUT2D eigenvalue weighted by atomic mass is 19.4. The number of hydrogen-bond acceptors (Lipinski definition) is 1. The lowest BCUT2D eigenvalue weighted by Crippen LogP contribution is -2.53. The third-order valence-corrected chi connectivity index (χ3v) is 2.76. The summed E-state index contributed by atoms with van der Waals surface area (Å²) < 4.78 is 39.6. The van der Waals surface area contributed by atoms with Crippen molar-refractivity contribution in [3.05, 3.63) is 35.9 Å². The molecule has 0 amide bonds. The van der Waals surface area contributed by atoms with Crippen molar-refractivity contribution < 1.29 is 13.2 Å². The molecule has 0 saturated heterocycles. The van der Waals surface area contributed by atoms with Crippen molar-refractivity contribution in [2.75, 3.05) is 6.54 Å². The fourth-order valence-electron chi connectivity index (χ4n) is 1.92. The molecular formula is C12H16F3N. The zero-order chi connectivity index (χ0) is 12.2. The summed E-state index contributed by atoms with van der Waals surface area (Å²) in [6, 6.07) is 8.00. The summed E-state index contributed by atoms with van der Waals surface area (Å²) in [5.41, 5.74) is -1.66. The maximum atomic E-state index is 13.2. The SMILES string of the molecule is CCNC(CC)(c1ccccc1)C(F)(F)F. The summed E-state index contributed by atoms with van der Waals surface area (Å²) in [5.74, 6) is 0. The first-order chi connectivity index (χ1) is 7.48. The number of halogens is 3. The molecule has 1 rings (SSSR count). The smallest absolute Gasteiger partial charge is 0.300 e. The van der Waals surface area contributed by atoms with Crippen LogP contribution >= 0.6 is 0 Å². The summed E-state index contributed by atoms with van der Waals surface area (Å²) in [5, 5.41) is 2.58. The van der Waals surface area contributed by atoms with Crippen molar-refractivity contribution in [1.29, 1.82) is 0 Å². The predicted molar refractivity (Wildman–Crippen MR) is 58.1 cm³/mol. The van der Waals surface area contributed by atoms with Gasteiger partial charge < -0.3 is 5.32 Å². The van der Waals surface area contributed by atoms with E-state index in [-0.39, 0.29) is 18.5 Å². The van der Waals surface area contributed by atoms with Crippen molar-refractivity contribution in [1.82, 2.24) is 5.32 Å². The van der Waals surface area contributed by atoms with E-state index in [4.69, 9.17) is 0 Å². The van der Waals surface area contributed by atoms with Crippen LogP contribution in [-0.2, 0) is 5.54 Å². The van der Waals surface area contributed by atoms with Gasteiger partial charge in [0.25, 0.3) is 0 Å². The molecule has 1 atom stereocenters. The minimum atomic E-state index is -4.29. The van der Waals surface area contributed by atoms with Crippen molar-refractivity contribution in [3.8, 4) is 0 Å². The van der Waals surface area contributed by atoms with Gasteiger partial charge in [-0.3, -0.25) is 0 Å². The summed E-state index contributed by atoms with van der Waals surface area (Å²) in [6.07, 6.45) is -4.31. The van der Waals surface area contributed by atoms with Gasteiger partial charge in [0, 0.05) is 0 Å². The molecule has 0 aliphatic heterocycles. The van der Waals surface area contributed by atoms with E-state index in [2.05, 4.69) is 5.32 Å². The van der Waals surface area contributed by atoms with Crippen LogP contribution in [0.2, 0.25) is 0 Å². The van der Waals surface area contributed by atoms with Gasteiger partial charge in [0.1, 0.15) is 5.54 Å². The number of benzene rings is 1. The molecule has 0 aromatic heterocycles. The summed E-state index contributed by atoms with van der Waals surface area (Å²) in [7, 11) is 0. The Morgan fingerprint density at radius 1 is 1.06 bits per heavy atom. The molecule has 90 valence electrons. The van der Waals surface area contributed by atoms with Crippen molar-refractivity contribution in [3.63, 3.8) is 0 Å². The average Bonchev–Trinajstić information content (AvgIpc) is 2.25. The van der Waals surface area contributed by atoms with Gasteiger partial charge in [-0.15, -0.1) is 0 Å². The summed E-state index contributed by atoms with van der Waals surface area (Å²) in [4.78, 5) is 0. The van der Waals surface area contributed by atoms with Gasteiger partial charge in [-0.25, -0.2) is 0 Å². The molecule has 1 aromatic carbocycles. The van der Waals surface area contributed by atoms with Crippen LogP contribution < -0.4 is 5.32 Å². The zero-order valence-corrected chi connectivity index (χ0v) is 9.43. The van der Waals surface area contributed by atoms with E-state index >= 15 is 0 Å². The molecule has 0 radical (unpaired) electrons. The minimum absolute atomic E-state index is 0.0195. The maximum absolute atomic E-state index is 13.2. The van der Waals surface area contributed by atoms with Gasteiger partial charge in [0.2, 0.25) is 0 Å². The quantitative estimate of drug-likeness (QED) is 0.836. The van der Waals surface area contributed by atoms with Crippen LogP contribution in [0.1, 0.15) is 25.8 Å². The van der Waals surface area contributed by atoms with Gasteiger partial charge in [-0.1, -0.05) is 44.2 Å². The minimum Gasteiger partial charge on any atom is -0.300 e. The number of alkyl halides is 3. The van der Waals surface area contributed by atoms with Gasteiger partial charge in [0.15, 0.2) is 0 Å². The monoisotopic (exact) mass is 231 g/mol. The molecule has 0 fully saturated rings. The topological polar surface area (TPSA) is 12.0 Å². The van der Waals surface area contributed by atoms with E-state index in [0.717, 1.165) is 0 Å².